The van der Waals surface area contributed by atoms with Gasteiger partial charge in [0.25, 0.3) is 5.91 Å². The smallest absolute Gasteiger partial charge is 0.254 e. The van der Waals surface area contributed by atoms with E-state index in [4.69, 9.17) is 5.73 Å². The summed E-state index contributed by atoms with van der Waals surface area (Å²) in [5, 5.41) is 13.3. The van der Waals surface area contributed by atoms with Crippen LogP contribution in [0, 0.1) is 11.3 Å². The first-order chi connectivity index (χ1) is 17.1. The number of nitrogens with one attached hydrogen (secondary N) is 1. The van der Waals surface area contributed by atoms with Gasteiger partial charge in [0.1, 0.15) is 17.3 Å². The van der Waals surface area contributed by atoms with Crippen LogP contribution in [0.1, 0.15) is 11.1 Å². The Labute approximate surface area is 202 Å². The molecule has 3 aromatic rings. The Morgan fingerprint density at radius 3 is 2.31 bits per heavy atom. The third-order valence-corrected chi connectivity index (χ3v) is 6.91. The molecule has 0 saturated carbocycles. The second-order valence-electron chi connectivity index (χ2n) is 8.76. The first-order valence-corrected chi connectivity index (χ1v) is 11.3. The lowest BCUT2D eigenvalue weighted by Gasteiger charge is -2.38. The number of nitrogens with two attached hydrogens (primary N) is 1. The lowest BCUT2D eigenvalue weighted by Crippen LogP contribution is -2.48. The number of nitrogens with zero attached hydrogens (tertiary/aromatic N) is 3. The van der Waals surface area contributed by atoms with E-state index in [0.29, 0.717) is 23.5 Å². The van der Waals surface area contributed by atoms with E-state index in [1.807, 2.05) is 66.7 Å². The standard InChI is InChI=1S/C28H21N5O2/c29-15-21-25(30)33(19-11-5-2-6-12-19)23-17-32(16-18-9-3-1-4-10-18)26(34)24(23)28(21)20-13-7-8-14-22(20)31-27(28)35/h1-14H,16-17,30H2,(H,31,35). The van der Waals surface area contributed by atoms with Gasteiger partial charge in [-0.2, -0.15) is 5.26 Å². The van der Waals surface area contributed by atoms with E-state index in [0.717, 1.165) is 11.3 Å². The van der Waals surface area contributed by atoms with Crippen molar-refractivity contribution in [2.24, 2.45) is 5.73 Å². The summed E-state index contributed by atoms with van der Waals surface area (Å²) in [5.74, 6) is -0.566. The van der Waals surface area contributed by atoms with Gasteiger partial charge in [0, 0.05) is 23.5 Å². The number of benzene rings is 3. The van der Waals surface area contributed by atoms with Gasteiger partial charge in [-0.3, -0.25) is 14.5 Å². The van der Waals surface area contributed by atoms with Gasteiger partial charge in [-0.25, -0.2) is 0 Å². The summed E-state index contributed by atoms with van der Waals surface area (Å²) in [7, 11) is 0. The van der Waals surface area contributed by atoms with Crippen LogP contribution in [-0.4, -0.2) is 23.3 Å². The van der Waals surface area contributed by atoms with Crippen molar-refractivity contribution in [1.29, 1.82) is 5.26 Å². The molecule has 1 unspecified atom stereocenters. The van der Waals surface area contributed by atoms with Crippen molar-refractivity contribution in [3.63, 3.8) is 0 Å². The van der Waals surface area contributed by atoms with E-state index in [1.54, 1.807) is 28.0 Å². The summed E-state index contributed by atoms with van der Waals surface area (Å²) in [4.78, 5) is 31.3. The number of amides is 2. The number of nitriles is 1. The van der Waals surface area contributed by atoms with Gasteiger partial charge in [0.05, 0.1) is 23.4 Å². The maximum atomic E-state index is 14.1. The monoisotopic (exact) mass is 459 g/mol. The Bertz CT molecular complexity index is 1490. The van der Waals surface area contributed by atoms with Gasteiger partial charge in [-0.15, -0.1) is 0 Å². The number of para-hydroxylation sites is 2. The molecule has 35 heavy (non-hydrogen) atoms. The molecule has 0 fully saturated rings. The van der Waals surface area contributed by atoms with Crippen molar-refractivity contribution in [2.75, 3.05) is 16.8 Å². The van der Waals surface area contributed by atoms with Crippen LogP contribution in [0.2, 0.25) is 0 Å². The average Bonchev–Trinajstić information content (AvgIpc) is 3.35. The van der Waals surface area contributed by atoms with E-state index in [1.165, 1.54) is 0 Å². The Morgan fingerprint density at radius 1 is 0.943 bits per heavy atom. The fraction of sp³-hybridized carbons (Fsp3) is 0.107. The van der Waals surface area contributed by atoms with Gasteiger partial charge in [0.15, 0.2) is 0 Å². The quantitative estimate of drug-likeness (QED) is 0.625. The van der Waals surface area contributed by atoms with Gasteiger partial charge < -0.3 is 16.0 Å². The highest BCUT2D eigenvalue weighted by Gasteiger charge is 2.62. The molecule has 3 aromatic carbocycles. The molecule has 3 aliphatic rings. The molecule has 0 radical (unpaired) electrons. The second kappa shape index (κ2) is 7.61. The van der Waals surface area contributed by atoms with Crippen LogP contribution < -0.4 is 16.0 Å². The minimum Gasteiger partial charge on any atom is -0.384 e. The van der Waals surface area contributed by atoms with E-state index in [-0.39, 0.29) is 29.4 Å². The summed E-state index contributed by atoms with van der Waals surface area (Å²) >= 11 is 0. The first kappa shape index (κ1) is 20.8. The van der Waals surface area contributed by atoms with Crippen LogP contribution in [0.3, 0.4) is 0 Å². The van der Waals surface area contributed by atoms with Crippen LogP contribution in [0.25, 0.3) is 0 Å². The third kappa shape index (κ3) is 2.77. The molecule has 6 rings (SSSR count). The molecule has 1 spiro atoms. The molecule has 7 nitrogen and oxygen atoms in total. The van der Waals surface area contributed by atoms with Gasteiger partial charge in [-0.1, -0.05) is 66.7 Å². The third-order valence-electron chi connectivity index (χ3n) is 6.91. The molecule has 3 heterocycles. The number of fused-ring (bicyclic) bond motifs is 3. The summed E-state index contributed by atoms with van der Waals surface area (Å²) in [6.45, 7) is 0.630. The van der Waals surface area contributed by atoms with Crippen molar-refractivity contribution in [3.8, 4) is 6.07 Å². The molecule has 0 aromatic heterocycles. The van der Waals surface area contributed by atoms with E-state index >= 15 is 0 Å². The highest BCUT2D eigenvalue weighted by atomic mass is 16.2. The average molecular weight is 460 g/mol. The zero-order valence-corrected chi connectivity index (χ0v) is 18.7. The molecule has 3 aliphatic heterocycles. The Kier molecular flexibility index (Phi) is 4.51. The largest absolute Gasteiger partial charge is 0.384 e. The number of carbonyl (C=O) groups excluding carboxylic acids is 2. The highest BCUT2D eigenvalue weighted by molar-refractivity contribution is 6.20. The number of hydrogen-bond donors (Lipinski definition) is 2. The van der Waals surface area contributed by atoms with Crippen LogP contribution in [-0.2, 0) is 21.5 Å². The molecular formula is C28H21N5O2. The topological polar surface area (TPSA) is 102 Å². The molecule has 2 amide bonds. The molecule has 0 aliphatic carbocycles. The maximum Gasteiger partial charge on any atom is 0.254 e. The predicted octanol–water partition coefficient (Wildman–Crippen LogP) is 3.39. The summed E-state index contributed by atoms with van der Waals surface area (Å²) < 4.78 is 0. The normalized spacial score (nSPS) is 20.8. The lowest BCUT2D eigenvalue weighted by atomic mass is 9.67. The minimum atomic E-state index is -1.60. The molecule has 0 saturated heterocycles. The van der Waals surface area contributed by atoms with Crippen molar-refractivity contribution < 1.29 is 9.59 Å². The first-order valence-electron chi connectivity index (χ1n) is 11.3. The van der Waals surface area contributed by atoms with Crippen LogP contribution in [0.4, 0.5) is 11.4 Å². The molecule has 7 heteroatoms. The zero-order chi connectivity index (χ0) is 24.2. The molecular weight excluding hydrogens is 438 g/mol. The van der Waals surface area contributed by atoms with E-state index < -0.39 is 11.3 Å². The van der Waals surface area contributed by atoms with Crippen molar-refractivity contribution in [2.45, 2.75) is 12.0 Å². The number of carbonyl (C=O) groups is 2. The summed E-state index contributed by atoms with van der Waals surface area (Å²) in [6, 6.07) is 28.4. The van der Waals surface area contributed by atoms with Crippen LogP contribution in [0.15, 0.2) is 108 Å². The van der Waals surface area contributed by atoms with E-state index in [2.05, 4.69) is 11.4 Å². The van der Waals surface area contributed by atoms with E-state index in [9.17, 15) is 14.9 Å². The highest BCUT2D eigenvalue weighted by Crippen LogP contribution is 2.54. The van der Waals surface area contributed by atoms with Crippen molar-refractivity contribution in [3.05, 3.63) is 119 Å². The number of anilines is 2. The molecule has 1 atom stereocenters. The summed E-state index contributed by atoms with van der Waals surface area (Å²) in [6.07, 6.45) is 0. The van der Waals surface area contributed by atoms with Crippen LogP contribution >= 0.6 is 0 Å². The second-order valence-corrected chi connectivity index (χ2v) is 8.76. The molecule has 170 valence electrons. The predicted molar refractivity (Wildman–Crippen MR) is 131 cm³/mol. The van der Waals surface area contributed by atoms with Crippen LogP contribution in [0.5, 0.6) is 0 Å². The Hall–Kier alpha value is -4.83. The van der Waals surface area contributed by atoms with Crippen molar-refractivity contribution >= 4 is 23.2 Å². The minimum absolute atomic E-state index is 0.0532. The lowest BCUT2D eigenvalue weighted by molar-refractivity contribution is -0.128. The number of hydrogen-bond acceptors (Lipinski definition) is 5. The fourth-order valence-corrected chi connectivity index (χ4v) is 5.45. The Morgan fingerprint density at radius 2 is 1.60 bits per heavy atom. The van der Waals surface area contributed by atoms with Gasteiger partial charge >= 0.3 is 0 Å². The SMILES string of the molecule is N#CC1=C(N)N(c2ccccc2)C2=C(C(=O)N(Cc3ccccc3)C2)C12C(=O)Nc1ccccc12. The summed E-state index contributed by atoms with van der Waals surface area (Å²) in [5.41, 5.74) is 8.87. The van der Waals surface area contributed by atoms with Crippen molar-refractivity contribution in [1.82, 2.24) is 4.90 Å². The molecule has 0 bridgehead atoms. The zero-order valence-electron chi connectivity index (χ0n) is 18.7. The Balaban J connectivity index is 1.60. The van der Waals surface area contributed by atoms with Gasteiger partial charge in [-0.05, 0) is 23.8 Å². The number of rotatable bonds is 3. The molecule has 3 N–H and O–H groups in total. The maximum absolute atomic E-state index is 14.1. The fourth-order valence-electron chi connectivity index (χ4n) is 5.45. The van der Waals surface area contributed by atoms with Gasteiger partial charge in [0.2, 0.25) is 5.91 Å².